The molecular weight excluding hydrogens is 254 g/mol. The van der Waals surface area contributed by atoms with Crippen LogP contribution >= 0.6 is 0 Å². The van der Waals surface area contributed by atoms with Crippen LogP contribution in [0.4, 0.5) is 0 Å². The van der Waals surface area contributed by atoms with Gasteiger partial charge in [-0.15, -0.1) is 0 Å². The maximum atomic E-state index is 6.40. The van der Waals surface area contributed by atoms with E-state index in [-0.39, 0.29) is 5.54 Å². The van der Waals surface area contributed by atoms with E-state index < -0.39 is 0 Å². The van der Waals surface area contributed by atoms with Gasteiger partial charge in [0.15, 0.2) is 0 Å². The van der Waals surface area contributed by atoms with Gasteiger partial charge in [-0.25, -0.2) is 0 Å². The summed E-state index contributed by atoms with van der Waals surface area (Å²) in [7, 11) is 0. The van der Waals surface area contributed by atoms with E-state index in [1.54, 1.807) is 0 Å². The lowest BCUT2D eigenvalue weighted by Gasteiger charge is -2.31. The summed E-state index contributed by atoms with van der Waals surface area (Å²) in [5.74, 6) is 0.717. The van der Waals surface area contributed by atoms with Crippen molar-refractivity contribution in [1.29, 1.82) is 0 Å². The van der Waals surface area contributed by atoms with Crippen LogP contribution in [0.25, 0.3) is 0 Å². The Bertz CT molecular complexity index is 188. The topological polar surface area (TPSA) is 26.0 Å². The van der Waals surface area contributed by atoms with Gasteiger partial charge in [-0.05, 0) is 32.6 Å². The van der Waals surface area contributed by atoms with Crippen LogP contribution in [0.3, 0.4) is 0 Å². The van der Waals surface area contributed by atoms with Gasteiger partial charge in [0.25, 0.3) is 0 Å². The molecule has 0 spiro atoms. The van der Waals surface area contributed by atoms with Crippen LogP contribution in [0, 0.1) is 5.92 Å². The second-order valence-electron chi connectivity index (χ2n) is 7.63. The van der Waals surface area contributed by atoms with Gasteiger partial charge in [-0.1, -0.05) is 90.9 Å². The highest BCUT2D eigenvalue weighted by molar-refractivity contribution is 4.82. The molecule has 128 valence electrons. The zero-order valence-electron chi connectivity index (χ0n) is 15.6. The largest absolute Gasteiger partial charge is 0.325 e. The van der Waals surface area contributed by atoms with E-state index >= 15 is 0 Å². The molecule has 0 aliphatic carbocycles. The van der Waals surface area contributed by atoms with Crippen LogP contribution in [-0.2, 0) is 0 Å². The van der Waals surface area contributed by atoms with Gasteiger partial charge in [0, 0.05) is 5.54 Å². The average Bonchev–Trinajstić information content (AvgIpc) is 2.42. The first-order valence-corrected chi connectivity index (χ1v) is 9.81. The van der Waals surface area contributed by atoms with E-state index in [1.807, 2.05) is 0 Å². The molecular formula is C20H43N. The fraction of sp³-hybridized carbons (Fsp3) is 1.00. The van der Waals surface area contributed by atoms with Crippen molar-refractivity contribution < 1.29 is 0 Å². The quantitative estimate of drug-likeness (QED) is 0.329. The van der Waals surface area contributed by atoms with E-state index in [1.165, 1.54) is 89.9 Å². The molecule has 0 fully saturated rings. The van der Waals surface area contributed by atoms with E-state index in [2.05, 4.69) is 27.7 Å². The first-order chi connectivity index (χ1) is 10.0. The molecule has 0 aliphatic heterocycles. The molecule has 21 heavy (non-hydrogen) atoms. The van der Waals surface area contributed by atoms with Crippen molar-refractivity contribution in [2.24, 2.45) is 11.7 Å². The van der Waals surface area contributed by atoms with Gasteiger partial charge >= 0.3 is 0 Å². The SMILES string of the molecule is CCCCCCCCC(CCCCCCCC)C(C)(C)N. The molecule has 0 aromatic heterocycles. The Kier molecular flexibility index (Phi) is 13.6. The summed E-state index contributed by atoms with van der Waals surface area (Å²) in [5.41, 5.74) is 6.41. The highest BCUT2D eigenvalue weighted by Crippen LogP contribution is 2.27. The normalized spacial score (nSPS) is 12.3. The lowest BCUT2D eigenvalue weighted by atomic mass is 9.80. The van der Waals surface area contributed by atoms with E-state index in [0.29, 0.717) is 0 Å². The summed E-state index contributed by atoms with van der Waals surface area (Å²) < 4.78 is 0. The number of nitrogens with two attached hydrogens (primary N) is 1. The van der Waals surface area contributed by atoms with Crippen molar-refractivity contribution >= 4 is 0 Å². The molecule has 0 aromatic carbocycles. The van der Waals surface area contributed by atoms with E-state index in [4.69, 9.17) is 5.73 Å². The Balaban J connectivity index is 3.74. The lowest BCUT2D eigenvalue weighted by molar-refractivity contribution is 0.267. The van der Waals surface area contributed by atoms with Crippen molar-refractivity contribution in [2.45, 2.75) is 123 Å². The van der Waals surface area contributed by atoms with Crippen LogP contribution < -0.4 is 5.73 Å². The molecule has 0 atom stereocenters. The fourth-order valence-corrected chi connectivity index (χ4v) is 3.23. The molecule has 0 radical (unpaired) electrons. The summed E-state index contributed by atoms with van der Waals surface area (Å²) >= 11 is 0. The standard InChI is InChI=1S/C20H43N/c1-5-7-9-11-13-15-17-19(20(3,4)21)18-16-14-12-10-8-6-2/h19H,5-18,21H2,1-4H3. The molecule has 0 aliphatic rings. The van der Waals surface area contributed by atoms with Crippen LogP contribution in [-0.4, -0.2) is 5.54 Å². The minimum atomic E-state index is 0.00678. The molecule has 0 aromatic rings. The number of hydrogen-bond donors (Lipinski definition) is 1. The number of rotatable bonds is 15. The van der Waals surface area contributed by atoms with Crippen molar-refractivity contribution in [1.82, 2.24) is 0 Å². The van der Waals surface area contributed by atoms with Crippen molar-refractivity contribution in [3.63, 3.8) is 0 Å². The molecule has 1 heteroatoms. The average molecular weight is 298 g/mol. The monoisotopic (exact) mass is 297 g/mol. The molecule has 0 heterocycles. The van der Waals surface area contributed by atoms with E-state index in [0.717, 1.165) is 5.92 Å². The zero-order chi connectivity index (χ0) is 16.0. The first-order valence-electron chi connectivity index (χ1n) is 9.81. The Morgan fingerprint density at radius 2 is 0.952 bits per heavy atom. The van der Waals surface area contributed by atoms with Gasteiger partial charge in [-0.3, -0.25) is 0 Å². The zero-order valence-corrected chi connectivity index (χ0v) is 15.6. The van der Waals surface area contributed by atoms with Crippen LogP contribution in [0.15, 0.2) is 0 Å². The third kappa shape index (κ3) is 13.4. The first kappa shape index (κ1) is 21.0. The lowest BCUT2D eigenvalue weighted by Crippen LogP contribution is -2.40. The fourth-order valence-electron chi connectivity index (χ4n) is 3.23. The molecule has 0 saturated carbocycles. The molecule has 0 amide bonds. The molecule has 0 bridgehead atoms. The summed E-state index contributed by atoms with van der Waals surface area (Å²) in [4.78, 5) is 0. The second-order valence-corrected chi connectivity index (χ2v) is 7.63. The predicted molar refractivity (Wildman–Crippen MR) is 97.7 cm³/mol. The molecule has 0 saturated heterocycles. The van der Waals surface area contributed by atoms with Gasteiger partial charge in [0.05, 0.1) is 0 Å². The van der Waals surface area contributed by atoms with Crippen LogP contribution in [0.2, 0.25) is 0 Å². The van der Waals surface area contributed by atoms with Gasteiger partial charge in [0.2, 0.25) is 0 Å². The second kappa shape index (κ2) is 13.6. The maximum Gasteiger partial charge on any atom is 0.0125 e. The molecule has 0 rings (SSSR count). The van der Waals surface area contributed by atoms with E-state index in [9.17, 15) is 0 Å². The van der Waals surface area contributed by atoms with Gasteiger partial charge in [0.1, 0.15) is 0 Å². The predicted octanol–water partition coefficient (Wildman–Crippen LogP) is 6.84. The number of hydrogen-bond acceptors (Lipinski definition) is 1. The van der Waals surface area contributed by atoms with Crippen LogP contribution in [0.1, 0.15) is 118 Å². The third-order valence-corrected chi connectivity index (χ3v) is 4.86. The van der Waals surface area contributed by atoms with Crippen molar-refractivity contribution in [3.8, 4) is 0 Å². The number of unbranched alkanes of at least 4 members (excludes halogenated alkanes) is 10. The molecule has 0 unspecified atom stereocenters. The Morgan fingerprint density at radius 1 is 0.619 bits per heavy atom. The minimum absolute atomic E-state index is 0.00678. The minimum Gasteiger partial charge on any atom is -0.325 e. The maximum absolute atomic E-state index is 6.40. The summed E-state index contributed by atoms with van der Waals surface area (Å²) in [6, 6.07) is 0. The summed E-state index contributed by atoms with van der Waals surface area (Å²) in [5, 5.41) is 0. The van der Waals surface area contributed by atoms with Gasteiger partial charge in [-0.2, -0.15) is 0 Å². The molecule has 2 N–H and O–H groups in total. The Hall–Kier alpha value is -0.0400. The van der Waals surface area contributed by atoms with Crippen molar-refractivity contribution in [3.05, 3.63) is 0 Å². The highest BCUT2D eigenvalue weighted by Gasteiger charge is 2.23. The third-order valence-electron chi connectivity index (χ3n) is 4.86. The smallest absolute Gasteiger partial charge is 0.0125 e. The molecule has 1 nitrogen and oxygen atoms in total. The Morgan fingerprint density at radius 3 is 1.29 bits per heavy atom. The summed E-state index contributed by atoms with van der Waals surface area (Å²) in [6.07, 6.45) is 19.4. The Labute approximate surface area is 135 Å². The van der Waals surface area contributed by atoms with Crippen LogP contribution in [0.5, 0.6) is 0 Å². The van der Waals surface area contributed by atoms with Crippen molar-refractivity contribution in [2.75, 3.05) is 0 Å². The highest BCUT2D eigenvalue weighted by atomic mass is 14.7. The summed E-state index contributed by atoms with van der Waals surface area (Å²) in [6.45, 7) is 9.03. The van der Waals surface area contributed by atoms with Gasteiger partial charge < -0.3 is 5.73 Å².